The topological polar surface area (TPSA) is 46.3 Å². The molecule has 104 valence electrons. The van der Waals surface area contributed by atoms with Crippen molar-refractivity contribution in [1.29, 1.82) is 0 Å². The zero-order valence-corrected chi connectivity index (χ0v) is 12.1. The number of likely N-dealkylation sites (N-methyl/N-ethyl adjacent to an activating group) is 1. The Bertz CT molecular complexity index is 432. The van der Waals surface area contributed by atoms with Gasteiger partial charge in [0.05, 0.1) is 6.42 Å². The van der Waals surface area contributed by atoms with Crippen molar-refractivity contribution in [3.05, 3.63) is 34.9 Å². The van der Waals surface area contributed by atoms with Gasteiger partial charge in [0.25, 0.3) is 0 Å². The standard InChI is InChI=1S/C15H21ClN2O/c1-18(14-4-2-3-12(14)10-17)15(19)9-11-5-7-13(16)8-6-11/h5-8,12,14H,2-4,9-10,17H2,1H3. The van der Waals surface area contributed by atoms with Gasteiger partial charge in [-0.05, 0) is 43.0 Å². The van der Waals surface area contributed by atoms with Gasteiger partial charge in [-0.25, -0.2) is 0 Å². The lowest BCUT2D eigenvalue weighted by atomic mass is 10.0. The molecule has 0 radical (unpaired) electrons. The average molecular weight is 281 g/mol. The highest BCUT2D eigenvalue weighted by molar-refractivity contribution is 6.30. The van der Waals surface area contributed by atoms with Crippen LogP contribution in [-0.4, -0.2) is 30.4 Å². The first-order valence-electron chi connectivity index (χ1n) is 6.82. The van der Waals surface area contributed by atoms with Crippen LogP contribution in [-0.2, 0) is 11.2 Å². The highest BCUT2D eigenvalue weighted by Gasteiger charge is 2.31. The lowest BCUT2D eigenvalue weighted by Crippen LogP contribution is -2.42. The van der Waals surface area contributed by atoms with E-state index in [2.05, 4.69) is 0 Å². The Morgan fingerprint density at radius 2 is 2.05 bits per heavy atom. The second kappa shape index (κ2) is 6.40. The molecular weight excluding hydrogens is 260 g/mol. The fraction of sp³-hybridized carbons (Fsp3) is 0.533. The number of halogens is 1. The molecule has 1 aromatic rings. The van der Waals surface area contributed by atoms with Crippen LogP contribution in [0.15, 0.2) is 24.3 Å². The molecule has 2 rings (SSSR count). The smallest absolute Gasteiger partial charge is 0.226 e. The van der Waals surface area contributed by atoms with E-state index in [1.54, 1.807) is 0 Å². The quantitative estimate of drug-likeness (QED) is 0.921. The van der Waals surface area contributed by atoms with Crippen molar-refractivity contribution in [2.24, 2.45) is 11.7 Å². The van der Waals surface area contributed by atoms with E-state index < -0.39 is 0 Å². The summed E-state index contributed by atoms with van der Waals surface area (Å²) < 4.78 is 0. The summed E-state index contributed by atoms with van der Waals surface area (Å²) in [6.07, 6.45) is 3.82. The number of hydrogen-bond acceptors (Lipinski definition) is 2. The first-order valence-corrected chi connectivity index (χ1v) is 7.19. The molecule has 2 unspecified atom stereocenters. The summed E-state index contributed by atoms with van der Waals surface area (Å²) in [5.41, 5.74) is 6.78. The van der Waals surface area contributed by atoms with Gasteiger partial charge >= 0.3 is 0 Å². The molecule has 1 aliphatic rings. The Morgan fingerprint density at radius 1 is 1.37 bits per heavy atom. The number of benzene rings is 1. The number of nitrogens with two attached hydrogens (primary N) is 1. The van der Waals surface area contributed by atoms with E-state index in [1.807, 2.05) is 36.2 Å². The van der Waals surface area contributed by atoms with Crippen LogP contribution in [0.2, 0.25) is 5.02 Å². The minimum atomic E-state index is 0.160. The minimum absolute atomic E-state index is 0.160. The van der Waals surface area contributed by atoms with Crippen LogP contribution in [0.4, 0.5) is 0 Å². The van der Waals surface area contributed by atoms with Crippen molar-refractivity contribution < 1.29 is 4.79 Å². The Balaban J connectivity index is 1.97. The van der Waals surface area contributed by atoms with Gasteiger partial charge in [0, 0.05) is 18.1 Å². The maximum absolute atomic E-state index is 12.3. The molecule has 3 nitrogen and oxygen atoms in total. The average Bonchev–Trinajstić information content (AvgIpc) is 2.88. The molecule has 0 spiro atoms. The highest BCUT2D eigenvalue weighted by Crippen LogP contribution is 2.28. The Morgan fingerprint density at radius 3 is 2.68 bits per heavy atom. The van der Waals surface area contributed by atoms with Gasteiger partial charge in [-0.2, -0.15) is 0 Å². The number of hydrogen-bond donors (Lipinski definition) is 1. The van der Waals surface area contributed by atoms with Gasteiger partial charge in [-0.3, -0.25) is 4.79 Å². The third kappa shape index (κ3) is 3.48. The molecule has 0 bridgehead atoms. The lowest BCUT2D eigenvalue weighted by molar-refractivity contribution is -0.131. The van der Waals surface area contributed by atoms with Gasteiger partial charge < -0.3 is 10.6 Å². The molecule has 4 heteroatoms. The Labute approximate surface area is 119 Å². The maximum atomic E-state index is 12.3. The molecule has 0 aromatic heterocycles. The number of nitrogens with zero attached hydrogens (tertiary/aromatic N) is 1. The van der Waals surface area contributed by atoms with Crippen LogP contribution in [0.25, 0.3) is 0 Å². The summed E-state index contributed by atoms with van der Waals surface area (Å²) in [5.74, 6) is 0.617. The van der Waals surface area contributed by atoms with Crippen molar-refractivity contribution in [1.82, 2.24) is 4.90 Å². The molecule has 1 amide bonds. The largest absolute Gasteiger partial charge is 0.342 e. The number of carbonyl (C=O) groups excluding carboxylic acids is 1. The number of rotatable bonds is 4. The third-order valence-electron chi connectivity index (χ3n) is 4.08. The molecule has 1 fully saturated rings. The SMILES string of the molecule is CN(C(=O)Cc1ccc(Cl)cc1)C1CCCC1CN. The molecule has 1 saturated carbocycles. The number of amides is 1. The first-order chi connectivity index (χ1) is 9.11. The molecule has 0 saturated heterocycles. The van der Waals surface area contributed by atoms with Crippen molar-refractivity contribution in [2.45, 2.75) is 31.7 Å². The summed E-state index contributed by atoms with van der Waals surface area (Å²) in [6.45, 7) is 0.670. The second-order valence-electron chi connectivity index (χ2n) is 5.30. The van der Waals surface area contributed by atoms with E-state index >= 15 is 0 Å². The molecule has 1 aromatic carbocycles. The molecule has 1 aliphatic carbocycles. The van der Waals surface area contributed by atoms with Crippen molar-refractivity contribution >= 4 is 17.5 Å². The Kier molecular flexibility index (Phi) is 4.83. The molecular formula is C15H21ClN2O. The molecule has 2 N–H and O–H groups in total. The summed E-state index contributed by atoms with van der Waals surface area (Å²) >= 11 is 5.84. The minimum Gasteiger partial charge on any atom is -0.342 e. The summed E-state index contributed by atoms with van der Waals surface area (Å²) in [6, 6.07) is 7.77. The summed E-state index contributed by atoms with van der Waals surface area (Å²) in [5, 5.41) is 0.698. The molecule has 0 aliphatic heterocycles. The van der Waals surface area contributed by atoms with Gasteiger partial charge in [0.15, 0.2) is 0 Å². The highest BCUT2D eigenvalue weighted by atomic mass is 35.5. The van der Waals surface area contributed by atoms with Crippen LogP contribution >= 0.6 is 11.6 Å². The van der Waals surface area contributed by atoms with E-state index in [0.29, 0.717) is 29.9 Å². The van der Waals surface area contributed by atoms with Crippen LogP contribution in [0.5, 0.6) is 0 Å². The van der Waals surface area contributed by atoms with Crippen molar-refractivity contribution in [3.63, 3.8) is 0 Å². The van der Waals surface area contributed by atoms with E-state index in [9.17, 15) is 4.79 Å². The maximum Gasteiger partial charge on any atom is 0.226 e. The number of carbonyl (C=O) groups is 1. The van der Waals surface area contributed by atoms with Gasteiger partial charge in [0.2, 0.25) is 5.91 Å². The van der Waals surface area contributed by atoms with Gasteiger partial charge in [-0.1, -0.05) is 30.2 Å². The van der Waals surface area contributed by atoms with Crippen LogP contribution < -0.4 is 5.73 Å². The summed E-state index contributed by atoms with van der Waals surface area (Å²) in [7, 11) is 1.90. The first kappa shape index (κ1) is 14.4. The zero-order valence-electron chi connectivity index (χ0n) is 11.3. The van der Waals surface area contributed by atoms with Crippen LogP contribution in [0.1, 0.15) is 24.8 Å². The lowest BCUT2D eigenvalue weighted by Gasteiger charge is -2.29. The van der Waals surface area contributed by atoms with E-state index in [1.165, 1.54) is 6.42 Å². The van der Waals surface area contributed by atoms with Crippen LogP contribution in [0, 0.1) is 5.92 Å². The normalized spacial score (nSPS) is 22.5. The molecule has 2 atom stereocenters. The molecule has 0 heterocycles. The fourth-order valence-corrected chi connectivity index (χ4v) is 3.01. The van der Waals surface area contributed by atoms with Crippen LogP contribution in [0.3, 0.4) is 0 Å². The van der Waals surface area contributed by atoms with E-state index in [4.69, 9.17) is 17.3 Å². The van der Waals surface area contributed by atoms with Gasteiger partial charge in [0.1, 0.15) is 0 Å². The Hall–Kier alpha value is -1.06. The second-order valence-corrected chi connectivity index (χ2v) is 5.74. The molecule has 19 heavy (non-hydrogen) atoms. The predicted molar refractivity (Wildman–Crippen MR) is 78.1 cm³/mol. The van der Waals surface area contributed by atoms with Crippen molar-refractivity contribution in [2.75, 3.05) is 13.6 Å². The predicted octanol–water partition coefficient (Wildman–Crippen LogP) is 2.47. The van der Waals surface area contributed by atoms with E-state index in [0.717, 1.165) is 18.4 Å². The zero-order chi connectivity index (χ0) is 13.8. The van der Waals surface area contributed by atoms with Crippen molar-refractivity contribution in [3.8, 4) is 0 Å². The summed E-state index contributed by atoms with van der Waals surface area (Å²) in [4.78, 5) is 14.2. The monoisotopic (exact) mass is 280 g/mol. The third-order valence-corrected chi connectivity index (χ3v) is 4.33. The van der Waals surface area contributed by atoms with E-state index in [-0.39, 0.29) is 5.91 Å². The van der Waals surface area contributed by atoms with Gasteiger partial charge in [-0.15, -0.1) is 0 Å². The fourth-order valence-electron chi connectivity index (χ4n) is 2.89.